The van der Waals surface area contributed by atoms with Gasteiger partial charge in [0.05, 0.1) is 6.54 Å². The van der Waals surface area contributed by atoms with Crippen molar-refractivity contribution in [3.05, 3.63) is 30.1 Å². The van der Waals surface area contributed by atoms with Crippen LogP contribution in [0.5, 0.6) is 5.75 Å². The van der Waals surface area contributed by atoms with Crippen LogP contribution in [-0.4, -0.2) is 32.7 Å². The van der Waals surface area contributed by atoms with Gasteiger partial charge in [0, 0.05) is 19.7 Å². The lowest BCUT2D eigenvalue weighted by molar-refractivity contribution is 0.320. The summed E-state index contributed by atoms with van der Waals surface area (Å²) in [7, 11) is 1.72. The van der Waals surface area contributed by atoms with Crippen LogP contribution >= 0.6 is 0 Å². The van der Waals surface area contributed by atoms with Gasteiger partial charge in [0.2, 0.25) is 0 Å². The Morgan fingerprint density at radius 2 is 2.11 bits per heavy atom. The third-order valence-corrected chi connectivity index (χ3v) is 2.23. The van der Waals surface area contributed by atoms with E-state index in [0.717, 1.165) is 18.9 Å². The highest BCUT2D eigenvalue weighted by Crippen LogP contribution is 2.11. The van der Waals surface area contributed by atoms with Crippen molar-refractivity contribution >= 4 is 5.96 Å². The molecule has 0 fully saturated rings. The molecule has 0 bridgehead atoms. The minimum absolute atomic E-state index is 0.291. The van der Waals surface area contributed by atoms with E-state index in [-0.39, 0.29) is 5.82 Å². The highest BCUT2D eigenvalue weighted by Gasteiger charge is 1.97. The number of hydrogen-bond donors (Lipinski definition) is 2. The van der Waals surface area contributed by atoms with Crippen LogP contribution in [0.15, 0.2) is 29.3 Å². The molecule has 0 saturated heterocycles. The molecule has 0 unspecified atom stereocenters. The van der Waals surface area contributed by atoms with Gasteiger partial charge in [0.25, 0.3) is 0 Å². The maximum atomic E-state index is 12.9. The van der Waals surface area contributed by atoms with E-state index in [1.807, 2.05) is 0 Å². The molecule has 0 aliphatic carbocycles. The maximum absolute atomic E-state index is 12.9. The number of hydrogen-bond acceptors (Lipinski definition) is 2. The minimum Gasteiger partial charge on any atom is -0.492 e. The Hall–Kier alpha value is -1.78. The summed E-state index contributed by atoms with van der Waals surface area (Å²) in [6, 6.07) is 6.11. The van der Waals surface area contributed by atoms with Crippen LogP contribution in [-0.2, 0) is 0 Å². The molecule has 5 heteroatoms. The van der Waals surface area contributed by atoms with Gasteiger partial charge in [-0.25, -0.2) is 4.39 Å². The van der Waals surface area contributed by atoms with Gasteiger partial charge < -0.3 is 15.4 Å². The molecule has 18 heavy (non-hydrogen) atoms. The van der Waals surface area contributed by atoms with Crippen LogP contribution in [0.1, 0.15) is 13.3 Å². The fourth-order valence-corrected chi connectivity index (χ4v) is 1.36. The molecule has 100 valence electrons. The first kappa shape index (κ1) is 14.3. The summed E-state index contributed by atoms with van der Waals surface area (Å²) in [5.41, 5.74) is 0. The van der Waals surface area contributed by atoms with Crippen LogP contribution < -0.4 is 15.4 Å². The van der Waals surface area contributed by atoms with Crippen molar-refractivity contribution in [2.24, 2.45) is 4.99 Å². The zero-order valence-electron chi connectivity index (χ0n) is 10.9. The molecule has 0 atom stereocenters. The maximum Gasteiger partial charge on any atom is 0.191 e. The number of rotatable bonds is 6. The summed E-state index contributed by atoms with van der Waals surface area (Å²) >= 11 is 0. The van der Waals surface area contributed by atoms with Crippen LogP contribution in [0.3, 0.4) is 0 Å². The zero-order chi connectivity index (χ0) is 13.2. The summed E-state index contributed by atoms with van der Waals surface area (Å²) in [5, 5.41) is 6.26. The van der Waals surface area contributed by atoms with Gasteiger partial charge in [-0.05, 0) is 18.6 Å². The summed E-state index contributed by atoms with van der Waals surface area (Å²) in [5.74, 6) is 0.994. The second-order valence-corrected chi connectivity index (χ2v) is 3.73. The average Bonchev–Trinajstić information content (AvgIpc) is 2.38. The molecule has 1 rings (SSSR count). The van der Waals surface area contributed by atoms with Gasteiger partial charge in [0.15, 0.2) is 5.96 Å². The molecule has 2 N–H and O–H groups in total. The van der Waals surface area contributed by atoms with Crippen molar-refractivity contribution < 1.29 is 9.13 Å². The van der Waals surface area contributed by atoms with E-state index in [2.05, 4.69) is 22.5 Å². The number of guanidine groups is 1. The van der Waals surface area contributed by atoms with Crippen molar-refractivity contribution in [2.45, 2.75) is 13.3 Å². The van der Waals surface area contributed by atoms with E-state index in [9.17, 15) is 4.39 Å². The first-order chi connectivity index (χ1) is 8.76. The van der Waals surface area contributed by atoms with Crippen LogP contribution in [0.25, 0.3) is 0 Å². The van der Waals surface area contributed by atoms with E-state index < -0.39 is 0 Å². The Morgan fingerprint density at radius 3 is 2.78 bits per heavy atom. The molecule has 0 aliphatic rings. The van der Waals surface area contributed by atoms with Crippen molar-refractivity contribution in [2.75, 3.05) is 26.7 Å². The molecule has 4 nitrogen and oxygen atoms in total. The van der Waals surface area contributed by atoms with E-state index in [4.69, 9.17) is 4.74 Å². The Kier molecular flexibility index (Phi) is 6.61. The lowest BCUT2D eigenvalue weighted by Gasteiger charge is -2.11. The lowest BCUT2D eigenvalue weighted by atomic mass is 10.3. The monoisotopic (exact) mass is 253 g/mol. The average molecular weight is 253 g/mol. The topological polar surface area (TPSA) is 45.7 Å². The molecule has 0 aromatic heterocycles. The van der Waals surface area contributed by atoms with Crippen LogP contribution in [0.2, 0.25) is 0 Å². The zero-order valence-corrected chi connectivity index (χ0v) is 10.9. The molecule has 0 aliphatic heterocycles. The van der Waals surface area contributed by atoms with E-state index in [1.165, 1.54) is 12.1 Å². The number of aliphatic imine (C=N–C) groups is 1. The number of nitrogens with zero attached hydrogens (tertiary/aromatic N) is 1. The molecule has 0 radical (unpaired) electrons. The van der Waals surface area contributed by atoms with E-state index in [0.29, 0.717) is 18.9 Å². The molecule has 1 aromatic carbocycles. The quantitative estimate of drug-likeness (QED) is 0.461. The van der Waals surface area contributed by atoms with Gasteiger partial charge in [-0.1, -0.05) is 13.0 Å². The predicted octanol–water partition coefficient (Wildman–Crippen LogP) is 1.78. The summed E-state index contributed by atoms with van der Waals surface area (Å²) < 4.78 is 18.3. The Bertz CT molecular complexity index is 382. The van der Waals surface area contributed by atoms with Crippen LogP contribution in [0, 0.1) is 5.82 Å². The molecule has 0 saturated carbocycles. The molecule has 0 amide bonds. The van der Waals surface area contributed by atoms with Crippen molar-refractivity contribution in [1.82, 2.24) is 10.6 Å². The third kappa shape index (κ3) is 5.52. The summed E-state index contributed by atoms with van der Waals surface area (Å²) in [6.45, 7) is 4.04. The first-order valence-electron chi connectivity index (χ1n) is 6.09. The fraction of sp³-hybridized carbons (Fsp3) is 0.462. The standard InChI is InChI=1S/C13H20FN3O/c1-3-7-16-13(15-2)17-8-9-18-12-6-4-5-11(14)10-12/h4-6,10H,3,7-9H2,1-2H3,(H2,15,16,17). The Labute approximate surface area is 107 Å². The highest BCUT2D eigenvalue weighted by atomic mass is 19.1. The van der Waals surface area contributed by atoms with Crippen molar-refractivity contribution in [1.29, 1.82) is 0 Å². The molecule has 0 heterocycles. The number of halogens is 1. The van der Waals surface area contributed by atoms with Crippen molar-refractivity contribution in [3.8, 4) is 5.75 Å². The SMILES string of the molecule is CCCNC(=NC)NCCOc1cccc(F)c1. The van der Waals surface area contributed by atoms with Crippen LogP contribution in [0.4, 0.5) is 4.39 Å². The molecule has 0 spiro atoms. The lowest BCUT2D eigenvalue weighted by Crippen LogP contribution is -2.39. The predicted molar refractivity (Wildman–Crippen MR) is 71.6 cm³/mol. The van der Waals surface area contributed by atoms with Gasteiger partial charge >= 0.3 is 0 Å². The Balaban J connectivity index is 2.22. The minimum atomic E-state index is -0.291. The second-order valence-electron chi connectivity index (χ2n) is 3.73. The van der Waals surface area contributed by atoms with Crippen molar-refractivity contribution in [3.63, 3.8) is 0 Å². The van der Waals surface area contributed by atoms with Gasteiger partial charge in [0.1, 0.15) is 18.2 Å². The largest absolute Gasteiger partial charge is 0.492 e. The second kappa shape index (κ2) is 8.33. The highest BCUT2D eigenvalue weighted by molar-refractivity contribution is 5.79. The van der Waals surface area contributed by atoms with E-state index >= 15 is 0 Å². The number of ether oxygens (including phenoxy) is 1. The van der Waals surface area contributed by atoms with E-state index in [1.54, 1.807) is 19.2 Å². The third-order valence-electron chi connectivity index (χ3n) is 2.23. The summed E-state index contributed by atoms with van der Waals surface area (Å²) in [4.78, 5) is 4.06. The smallest absolute Gasteiger partial charge is 0.191 e. The first-order valence-corrected chi connectivity index (χ1v) is 6.09. The summed E-state index contributed by atoms with van der Waals surface area (Å²) in [6.07, 6.45) is 1.04. The molecule has 1 aromatic rings. The fourth-order valence-electron chi connectivity index (χ4n) is 1.36. The number of nitrogens with one attached hydrogen (secondary N) is 2. The molecular weight excluding hydrogens is 233 g/mol. The Morgan fingerprint density at radius 1 is 1.33 bits per heavy atom. The van der Waals surface area contributed by atoms with Gasteiger partial charge in [-0.2, -0.15) is 0 Å². The van der Waals surface area contributed by atoms with Gasteiger partial charge in [-0.3, -0.25) is 4.99 Å². The van der Waals surface area contributed by atoms with Gasteiger partial charge in [-0.15, -0.1) is 0 Å². The normalized spacial score (nSPS) is 11.2. The molecular formula is C13H20FN3O. The number of benzene rings is 1.